The van der Waals surface area contributed by atoms with Crippen LogP contribution in [-0.2, 0) is 9.59 Å². The van der Waals surface area contributed by atoms with E-state index in [1.807, 2.05) is 26.7 Å². The van der Waals surface area contributed by atoms with E-state index in [9.17, 15) is 0 Å². The monoisotopic (exact) mass is 334 g/mol. The SMILES string of the molecule is C[PH+](C)CC(O)O.C[PH+](C)CC(O)O.O=C([O-])C(=O)[O-]. The first kappa shape index (κ1) is 24.6. The van der Waals surface area contributed by atoms with E-state index in [2.05, 4.69) is 0 Å². The van der Waals surface area contributed by atoms with Crippen molar-refractivity contribution in [3.8, 4) is 0 Å². The third-order valence-electron chi connectivity index (χ3n) is 1.35. The topological polar surface area (TPSA) is 161 Å². The number of carbonyl (C=O) groups excluding carboxylic acids is 2. The van der Waals surface area contributed by atoms with E-state index in [0.29, 0.717) is 12.3 Å². The minimum Gasteiger partial charge on any atom is -0.543 e. The Balaban J connectivity index is -0.000000218. The molecule has 20 heavy (non-hydrogen) atoms. The van der Waals surface area contributed by atoms with Gasteiger partial charge >= 0.3 is 0 Å². The van der Waals surface area contributed by atoms with Crippen LogP contribution >= 0.6 is 15.8 Å². The maximum absolute atomic E-state index is 8.93. The number of aliphatic carboxylic acids is 2. The number of carboxylic acids is 2. The third kappa shape index (κ3) is 36.0. The lowest BCUT2D eigenvalue weighted by molar-refractivity contribution is -0.345. The van der Waals surface area contributed by atoms with Crippen molar-refractivity contribution >= 4 is 27.8 Å². The van der Waals surface area contributed by atoms with Crippen LogP contribution in [0.5, 0.6) is 0 Å². The average molecular weight is 334 g/mol. The van der Waals surface area contributed by atoms with Gasteiger partial charge in [0.05, 0.1) is 11.9 Å². The third-order valence-corrected chi connectivity index (χ3v) is 3.71. The molecule has 0 saturated carbocycles. The van der Waals surface area contributed by atoms with Gasteiger partial charge in [0.2, 0.25) is 0 Å². The Bertz CT molecular complexity index is 218. The van der Waals surface area contributed by atoms with Crippen LogP contribution < -0.4 is 10.2 Å². The Morgan fingerprint density at radius 3 is 1.00 bits per heavy atom. The normalized spacial score (nSPS) is 10.0. The highest BCUT2D eigenvalue weighted by Crippen LogP contribution is 2.24. The van der Waals surface area contributed by atoms with Crippen LogP contribution in [0, 0.1) is 0 Å². The van der Waals surface area contributed by atoms with E-state index >= 15 is 0 Å². The van der Waals surface area contributed by atoms with Gasteiger partial charge in [0.15, 0.2) is 12.6 Å². The molecule has 0 aromatic heterocycles. The highest BCUT2D eigenvalue weighted by atomic mass is 31.1. The van der Waals surface area contributed by atoms with Gasteiger partial charge in [0.1, 0.15) is 12.3 Å². The molecule has 0 unspecified atom stereocenters. The fourth-order valence-electron chi connectivity index (χ4n) is 0.730. The van der Waals surface area contributed by atoms with E-state index in [4.69, 9.17) is 40.2 Å². The van der Waals surface area contributed by atoms with Gasteiger partial charge in [0.25, 0.3) is 0 Å². The number of hydrogen-bond acceptors (Lipinski definition) is 8. The molecule has 0 heterocycles. The van der Waals surface area contributed by atoms with E-state index in [-0.39, 0.29) is 0 Å². The lowest BCUT2D eigenvalue weighted by atomic mass is 10.7. The molecule has 0 rings (SSSR count). The Hall–Kier alpha value is -0.360. The fraction of sp³-hybridized carbons (Fsp3) is 0.800. The molecule has 0 bridgehead atoms. The standard InChI is InChI=1S/2C4H11O2P.C2H2O4/c2*1-7(2)3-4(5)6;3-1(4)2(5)6/h2*4-6H,3H2,1-2H3;(H,3,4)(H,5,6). The van der Waals surface area contributed by atoms with Crippen LogP contribution in [0.3, 0.4) is 0 Å². The molecule has 0 aliphatic rings. The Kier molecular flexibility index (Phi) is 18.5. The van der Waals surface area contributed by atoms with Crippen molar-refractivity contribution in [2.75, 3.05) is 39.0 Å². The van der Waals surface area contributed by atoms with Gasteiger partial charge in [-0.3, -0.25) is 0 Å². The summed E-state index contributed by atoms with van der Waals surface area (Å²) in [5.41, 5.74) is 0. The molecule has 0 aromatic rings. The summed E-state index contributed by atoms with van der Waals surface area (Å²) in [4.78, 5) is 17.9. The summed E-state index contributed by atoms with van der Waals surface area (Å²) in [6.07, 6.45) is -1.01. The largest absolute Gasteiger partial charge is 0.543 e. The number of carbonyl (C=O) groups is 2. The Morgan fingerprint density at radius 2 is 1.00 bits per heavy atom. The molecule has 0 fully saturated rings. The molecule has 8 nitrogen and oxygen atoms in total. The molecular formula is C10H24O8P2. The van der Waals surface area contributed by atoms with Crippen molar-refractivity contribution in [1.82, 2.24) is 0 Å². The number of aliphatic hydroxyl groups is 4. The van der Waals surface area contributed by atoms with Crippen molar-refractivity contribution in [3.05, 3.63) is 0 Å². The zero-order chi connectivity index (χ0) is 16.9. The summed E-state index contributed by atoms with van der Waals surface area (Å²) in [6.45, 7) is 8.18. The Labute approximate surface area is 120 Å². The van der Waals surface area contributed by atoms with E-state index < -0.39 is 40.4 Å². The second kappa shape index (κ2) is 15.0. The fourth-order valence-corrected chi connectivity index (χ4v) is 2.19. The van der Waals surface area contributed by atoms with E-state index in [1.165, 1.54) is 0 Å². The van der Waals surface area contributed by atoms with Crippen molar-refractivity contribution in [2.45, 2.75) is 12.6 Å². The molecule has 0 aliphatic carbocycles. The highest BCUT2D eigenvalue weighted by molar-refractivity contribution is 7.56. The summed E-state index contributed by atoms with van der Waals surface area (Å²) in [5, 5.41) is 51.1. The predicted molar refractivity (Wildman–Crippen MR) is 76.5 cm³/mol. The maximum atomic E-state index is 8.93. The number of carboxylic acid groups (broad SMARTS) is 2. The van der Waals surface area contributed by atoms with Crippen LogP contribution in [0.15, 0.2) is 0 Å². The molecule has 0 atom stereocenters. The van der Waals surface area contributed by atoms with Crippen LogP contribution in [0.4, 0.5) is 0 Å². The second-order valence-corrected chi connectivity index (χ2v) is 10.0. The molecule has 0 radical (unpaired) electrons. The second-order valence-electron chi connectivity index (χ2n) is 4.36. The molecule has 0 aromatic carbocycles. The van der Waals surface area contributed by atoms with Crippen LogP contribution in [0.1, 0.15) is 0 Å². The summed E-state index contributed by atoms with van der Waals surface area (Å²) in [6, 6.07) is 0. The molecule has 0 aliphatic heterocycles. The lowest BCUT2D eigenvalue weighted by Crippen LogP contribution is -2.42. The van der Waals surface area contributed by atoms with Crippen molar-refractivity contribution in [1.29, 1.82) is 0 Å². The maximum Gasteiger partial charge on any atom is 0.185 e. The first-order valence-corrected chi connectivity index (χ1v) is 11.0. The van der Waals surface area contributed by atoms with Gasteiger partial charge in [-0.15, -0.1) is 0 Å². The highest BCUT2D eigenvalue weighted by Gasteiger charge is 2.05. The quantitative estimate of drug-likeness (QED) is 0.230. The first-order chi connectivity index (χ1) is 8.89. The summed E-state index contributed by atoms with van der Waals surface area (Å²) >= 11 is 0. The van der Waals surface area contributed by atoms with Crippen molar-refractivity contribution in [3.63, 3.8) is 0 Å². The van der Waals surface area contributed by atoms with Gasteiger partial charge in [-0.05, 0) is 15.8 Å². The van der Waals surface area contributed by atoms with Crippen LogP contribution in [0.2, 0.25) is 0 Å². The predicted octanol–water partition coefficient (Wildman–Crippen LogP) is -3.97. The van der Waals surface area contributed by atoms with Gasteiger partial charge in [-0.2, -0.15) is 0 Å². The summed E-state index contributed by atoms with van der Waals surface area (Å²) in [7, 11) is -0.868. The van der Waals surface area contributed by atoms with E-state index in [0.717, 1.165) is 0 Å². The lowest BCUT2D eigenvalue weighted by Gasteiger charge is -1.98. The average Bonchev–Trinajstić information content (AvgIpc) is 2.13. The first-order valence-electron chi connectivity index (χ1n) is 5.62. The molecule has 122 valence electrons. The Morgan fingerprint density at radius 1 is 0.800 bits per heavy atom. The molecule has 4 N–H and O–H groups in total. The minimum atomic E-state index is -2.19. The summed E-state index contributed by atoms with van der Waals surface area (Å²) < 4.78 is 0. The molecular weight excluding hydrogens is 310 g/mol. The smallest absolute Gasteiger partial charge is 0.185 e. The number of aliphatic hydroxyl groups excluding tert-OH is 2. The zero-order valence-electron chi connectivity index (χ0n) is 12.0. The molecule has 0 spiro atoms. The van der Waals surface area contributed by atoms with E-state index in [1.54, 1.807) is 0 Å². The van der Waals surface area contributed by atoms with Crippen LogP contribution in [0.25, 0.3) is 0 Å². The molecule has 10 heteroatoms. The van der Waals surface area contributed by atoms with Gasteiger partial charge in [-0.25, -0.2) is 0 Å². The van der Waals surface area contributed by atoms with Gasteiger partial charge in [0, 0.05) is 26.7 Å². The minimum absolute atomic E-state index is 0.434. The van der Waals surface area contributed by atoms with Gasteiger partial charge in [-0.1, -0.05) is 0 Å². The number of hydrogen-bond donors (Lipinski definition) is 4. The number of rotatable bonds is 4. The van der Waals surface area contributed by atoms with Crippen molar-refractivity contribution < 1.29 is 40.2 Å². The molecule has 0 saturated heterocycles. The molecule has 0 amide bonds. The van der Waals surface area contributed by atoms with Crippen molar-refractivity contribution in [2.24, 2.45) is 0 Å². The van der Waals surface area contributed by atoms with Crippen LogP contribution in [-0.4, -0.2) is 83.9 Å². The summed E-state index contributed by atoms with van der Waals surface area (Å²) in [5.74, 6) is -4.37. The zero-order valence-corrected chi connectivity index (χ0v) is 14.0. The van der Waals surface area contributed by atoms with Gasteiger partial charge < -0.3 is 40.2 Å².